The van der Waals surface area contributed by atoms with Crippen molar-refractivity contribution in [2.24, 2.45) is 0 Å². The summed E-state index contributed by atoms with van der Waals surface area (Å²) < 4.78 is 0. The van der Waals surface area contributed by atoms with Crippen molar-refractivity contribution in [3.8, 4) is 0 Å². The van der Waals surface area contributed by atoms with Crippen molar-refractivity contribution < 1.29 is 4.79 Å². The van der Waals surface area contributed by atoms with Crippen LogP contribution in [0, 0.1) is 0 Å². The molecule has 1 aromatic rings. The highest BCUT2D eigenvalue weighted by Crippen LogP contribution is 2.28. The fraction of sp³-hybridized carbons (Fsp3) is 0.533. The maximum atomic E-state index is 11.5. The number of nitrogens with zero attached hydrogens (tertiary/aromatic N) is 2. The third kappa shape index (κ3) is 2.45. The molecule has 0 spiro atoms. The Bertz CT molecular complexity index is 451. The minimum atomic E-state index is 0.197. The van der Waals surface area contributed by atoms with Crippen molar-refractivity contribution in [2.75, 3.05) is 31.7 Å². The van der Waals surface area contributed by atoms with Gasteiger partial charge in [-0.15, -0.1) is 0 Å². The van der Waals surface area contributed by atoms with Crippen molar-refractivity contribution in [1.82, 2.24) is 10.3 Å². The average Bonchev–Trinajstić information content (AvgIpc) is 2.80. The molecule has 0 unspecified atom stereocenters. The van der Waals surface area contributed by atoms with Crippen molar-refractivity contribution in [3.63, 3.8) is 0 Å². The number of carbonyl (C=O) groups is 1. The Balaban J connectivity index is 1.73. The van der Waals surface area contributed by atoms with Crippen LogP contribution in [0.4, 0.5) is 5.69 Å². The molecule has 2 heterocycles. The Labute approximate surface area is 114 Å². The average molecular weight is 259 g/mol. The molecule has 3 rings (SSSR count). The number of hydrogen-bond acceptors (Lipinski definition) is 3. The normalized spacial score (nSPS) is 21.2. The standard InChI is InChI=1S/C15H21N3O/c1-17-15(19)8-11-18(17)14-4-2-12(3-5-14)13-6-9-16-10-7-13/h2-5,13,16H,6-11H2,1H3. The lowest BCUT2D eigenvalue weighted by Gasteiger charge is -2.27. The van der Waals surface area contributed by atoms with Crippen LogP contribution in [0.25, 0.3) is 0 Å². The Morgan fingerprint density at radius 3 is 2.42 bits per heavy atom. The van der Waals surface area contributed by atoms with Gasteiger partial charge in [0.1, 0.15) is 0 Å². The maximum absolute atomic E-state index is 11.5. The van der Waals surface area contributed by atoms with Crippen LogP contribution in [-0.2, 0) is 4.79 Å². The van der Waals surface area contributed by atoms with Crippen molar-refractivity contribution >= 4 is 11.6 Å². The molecule has 19 heavy (non-hydrogen) atoms. The Morgan fingerprint density at radius 2 is 1.84 bits per heavy atom. The minimum absolute atomic E-state index is 0.197. The fourth-order valence-electron chi connectivity index (χ4n) is 3.02. The van der Waals surface area contributed by atoms with Gasteiger partial charge in [0, 0.05) is 20.0 Å². The molecule has 0 radical (unpaired) electrons. The molecule has 2 saturated heterocycles. The highest BCUT2D eigenvalue weighted by molar-refractivity contribution is 5.81. The van der Waals surface area contributed by atoms with Gasteiger partial charge in [0.05, 0.1) is 5.69 Å². The molecule has 0 aliphatic carbocycles. The quantitative estimate of drug-likeness (QED) is 0.878. The third-order valence-electron chi connectivity index (χ3n) is 4.26. The summed E-state index contributed by atoms with van der Waals surface area (Å²) in [4.78, 5) is 11.5. The van der Waals surface area contributed by atoms with E-state index >= 15 is 0 Å². The predicted molar refractivity (Wildman–Crippen MR) is 76.0 cm³/mol. The van der Waals surface area contributed by atoms with Crippen LogP contribution >= 0.6 is 0 Å². The van der Waals surface area contributed by atoms with Gasteiger partial charge in [-0.3, -0.25) is 14.8 Å². The first-order valence-corrected chi connectivity index (χ1v) is 7.10. The number of anilines is 1. The summed E-state index contributed by atoms with van der Waals surface area (Å²) in [6.07, 6.45) is 3.06. The van der Waals surface area contributed by atoms with Crippen LogP contribution in [0.3, 0.4) is 0 Å². The molecule has 0 atom stereocenters. The third-order valence-corrected chi connectivity index (χ3v) is 4.26. The molecule has 2 aliphatic rings. The molecule has 0 saturated carbocycles. The zero-order valence-corrected chi connectivity index (χ0v) is 11.4. The monoisotopic (exact) mass is 259 g/mol. The molecule has 0 aromatic heterocycles. The largest absolute Gasteiger partial charge is 0.317 e. The SMILES string of the molecule is CN1C(=O)CCN1c1ccc(C2CCNCC2)cc1. The van der Waals surface area contributed by atoms with E-state index in [1.807, 2.05) is 7.05 Å². The van der Waals surface area contributed by atoms with Crippen LogP contribution in [0.1, 0.15) is 30.7 Å². The number of piperidine rings is 1. The molecule has 1 N–H and O–H groups in total. The van der Waals surface area contributed by atoms with E-state index < -0.39 is 0 Å². The van der Waals surface area contributed by atoms with Gasteiger partial charge >= 0.3 is 0 Å². The van der Waals surface area contributed by atoms with E-state index in [-0.39, 0.29) is 5.91 Å². The maximum Gasteiger partial charge on any atom is 0.242 e. The fourth-order valence-corrected chi connectivity index (χ4v) is 3.02. The summed E-state index contributed by atoms with van der Waals surface area (Å²) in [5, 5.41) is 7.17. The number of hydrogen-bond donors (Lipinski definition) is 1. The summed E-state index contributed by atoms with van der Waals surface area (Å²) in [6, 6.07) is 8.74. The van der Waals surface area contributed by atoms with Gasteiger partial charge in [0.25, 0.3) is 0 Å². The smallest absolute Gasteiger partial charge is 0.242 e. The Hall–Kier alpha value is -1.55. The second-order valence-corrected chi connectivity index (χ2v) is 5.41. The van der Waals surface area contributed by atoms with Crippen LogP contribution in [0.15, 0.2) is 24.3 Å². The number of benzene rings is 1. The van der Waals surface area contributed by atoms with E-state index in [1.165, 1.54) is 18.4 Å². The lowest BCUT2D eigenvalue weighted by atomic mass is 9.90. The van der Waals surface area contributed by atoms with E-state index in [4.69, 9.17) is 0 Å². The lowest BCUT2D eigenvalue weighted by Crippen LogP contribution is -2.35. The van der Waals surface area contributed by atoms with E-state index in [0.29, 0.717) is 12.3 Å². The van der Waals surface area contributed by atoms with E-state index in [2.05, 4.69) is 34.6 Å². The van der Waals surface area contributed by atoms with Gasteiger partial charge in [-0.05, 0) is 49.5 Å². The van der Waals surface area contributed by atoms with Crippen molar-refractivity contribution in [3.05, 3.63) is 29.8 Å². The Kier molecular flexibility index (Phi) is 3.42. The summed E-state index contributed by atoms with van der Waals surface area (Å²) in [5.41, 5.74) is 2.55. The molecular formula is C15H21N3O. The van der Waals surface area contributed by atoms with Gasteiger partial charge in [0.15, 0.2) is 0 Å². The van der Waals surface area contributed by atoms with Gasteiger partial charge in [-0.25, -0.2) is 0 Å². The molecule has 1 aromatic carbocycles. The van der Waals surface area contributed by atoms with E-state index in [1.54, 1.807) is 5.01 Å². The number of hydrazine groups is 1. The Morgan fingerprint density at radius 1 is 1.16 bits per heavy atom. The first-order valence-electron chi connectivity index (χ1n) is 7.10. The van der Waals surface area contributed by atoms with Crippen molar-refractivity contribution in [1.29, 1.82) is 0 Å². The molecular weight excluding hydrogens is 238 g/mol. The second kappa shape index (κ2) is 5.21. The summed E-state index contributed by atoms with van der Waals surface area (Å²) in [7, 11) is 1.84. The molecule has 4 nitrogen and oxygen atoms in total. The van der Waals surface area contributed by atoms with Crippen LogP contribution in [0.5, 0.6) is 0 Å². The molecule has 1 amide bonds. The van der Waals surface area contributed by atoms with Gasteiger partial charge in [-0.1, -0.05) is 12.1 Å². The van der Waals surface area contributed by atoms with Crippen LogP contribution < -0.4 is 10.3 Å². The number of carbonyl (C=O) groups excluding carboxylic acids is 1. The number of rotatable bonds is 2. The van der Waals surface area contributed by atoms with E-state index in [9.17, 15) is 4.79 Å². The van der Waals surface area contributed by atoms with Gasteiger partial charge < -0.3 is 5.32 Å². The van der Waals surface area contributed by atoms with Crippen molar-refractivity contribution in [2.45, 2.75) is 25.2 Å². The van der Waals surface area contributed by atoms with Gasteiger partial charge in [-0.2, -0.15) is 0 Å². The first-order chi connectivity index (χ1) is 9.25. The summed E-state index contributed by atoms with van der Waals surface area (Å²) in [5.74, 6) is 0.885. The molecule has 2 aliphatic heterocycles. The zero-order valence-electron chi connectivity index (χ0n) is 11.4. The second-order valence-electron chi connectivity index (χ2n) is 5.41. The lowest BCUT2D eigenvalue weighted by molar-refractivity contribution is -0.126. The van der Waals surface area contributed by atoms with E-state index in [0.717, 1.165) is 25.3 Å². The summed E-state index contributed by atoms with van der Waals surface area (Å²) >= 11 is 0. The number of nitrogens with one attached hydrogen (secondary N) is 1. The topological polar surface area (TPSA) is 35.6 Å². The van der Waals surface area contributed by atoms with Gasteiger partial charge in [0.2, 0.25) is 5.91 Å². The first kappa shape index (κ1) is 12.5. The highest BCUT2D eigenvalue weighted by Gasteiger charge is 2.25. The van der Waals surface area contributed by atoms with Crippen LogP contribution in [-0.4, -0.2) is 37.6 Å². The predicted octanol–water partition coefficient (Wildman–Crippen LogP) is 1.74. The molecule has 102 valence electrons. The highest BCUT2D eigenvalue weighted by atomic mass is 16.2. The number of amides is 1. The molecule has 0 bridgehead atoms. The zero-order chi connectivity index (χ0) is 13.2. The molecule has 4 heteroatoms. The minimum Gasteiger partial charge on any atom is -0.317 e. The van der Waals surface area contributed by atoms with Crippen LogP contribution in [0.2, 0.25) is 0 Å². The molecule has 2 fully saturated rings. The summed E-state index contributed by atoms with van der Waals surface area (Å²) in [6.45, 7) is 3.04.